The number of thioether (sulfide) groups is 2. The number of carbonyl (C=O) groups excluding carboxylic acids is 1. The molecule has 0 spiro atoms. The van der Waals surface area contributed by atoms with Crippen LogP contribution in [0.2, 0.25) is 0 Å². The summed E-state index contributed by atoms with van der Waals surface area (Å²) in [4.78, 5) is 12.4. The van der Waals surface area contributed by atoms with Gasteiger partial charge >= 0.3 is 0 Å². The fourth-order valence-electron chi connectivity index (χ4n) is 2.40. The second-order valence-corrected chi connectivity index (χ2v) is 7.52. The molecule has 20 heavy (non-hydrogen) atoms. The number of hydrogen-bond donors (Lipinski definition) is 0. The maximum atomic E-state index is 12.4. The van der Waals surface area contributed by atoms with Crippen LogP contribution < -0.4 is 4.74 Å². The van der Waals surface area contributed by atoms with E-state index < -0.39 is 0 Å². The third-order valence-corrected chi connectivity index (χ3v) is 6.88. The minimum absolute atomic E-state index is 0.206. The van der Waals surface area contributed by atoms with Crippen LogP contribution in [0.15, 0.2) is 24.3 Å². The van der Waals surface area contributed by atoms with Crippen LogP contribution >= 0.6 is 23.5 Å². The van der Waals surface area contributed by atoms with Crippen molar-refractivity contribution in [2.24, 2.45) is 0 Å². The molecule has 110 valence electrons. The smallest absolute Gasteiger partial charge is 0.147 e. The van der Waals surface area contributed by atoms with Crippen LogP contribution in [0.4, 0.5) is 0 Å². The molecule has 2 unspecified atom stereocenters. The minimum Gasteiger partial charge on any atom is -0.497 e. The molecule has 1 saturated heterocycles. The van der Waals surface area contributed by atoms with E-state index in [4.69, 9.17) is 4.74 Å². The van der Waals surface area contributed by atoms with Crippen LogP contribution in [0.25, 0.3) is 0 Å². The Morgan fingerprint density at radius 3 is 2.60 bits per heavy atom. The fourth-order valence-corrected chi connectivity index (χ4v) is 5.47. The summed E-state index contributed by atoms with van der Waals surface area (Å²) >= 11 is 3.82. The monoisotopic (exact) mass is 310 g/mol. The molecule has 1 aliphatic heterocycles. The molecule has 1 aliphatic rings. The summed E-state index contributed by atoms with van der Waals surface area (Å²) in [5.74, 6) is 3.58. The van der Waals surface area contributed by atoms with Gasteiger partial charge < -0.3 is 4.74 Å². The van der Waals surface area contributed by atoms with E-state index in [1.807, 2.05) is 47.8 Å². The van der Waals surface area contributed by atoms with Crippen LogP contribution in [0.1, 0.15) is 25.3 Å². The van der Waals surface area contributed by atoms with Gasteiger partial charge in [0.25, 0.3) is 0 Å². The van der Waals surface area contributed by atoms with Gasteiger partial charge in [-0.25, -0.2) is 0 Å². The molecule has 2 atom stereocenters. The highest BCUT2D eigenvalue weighted by Crippen LogP contribution is 2.34. The van der Waals surface area contributed by atoms with Crippen LogP contribution in [0.5, 0.6) is 5.75 Å². The molecule has 0 N–H and O–H groups in total. The lowest BCUT2D eigenvalue weighted by Gasteiger charge is -2.28. The minimum atomic E-state index is 0.206. The lowest BCUT2D eigenvalue weighted by Crippen LogP contribution is -2.32. The van der Waals surface area contributed by atoms with E-state index in [-0.39, 0.29) is 5.25 Å². The van der Waals surface area contributed by atoms with Crippen molar-refractivity contribution in [1.82, 2.24) is 0 Å². The first-order valence-electron chi connectivity index (χ1n) is 7.13. The Bertz CT molecular complexity index is 431. The number of methoxy groups -OCH3 is 1. The predicted molar refractivity (Wildman–Crippen MR) is 89.1 cm³/mol. The zero-order valence-corrected chi connectivity index (χ0v) is 13.8. The van der Waals surface area contributed by atoms with Crippen LogP contribution in [-0.2, 0) is 11.2 Å². The first kappa shape index (κ1) is 15.8. The number of ether oxygens (including phenoxy) is 1. The lowest BCUT2D eigenvalue weighted by atomic mass is 10.0. The summed E-state index contributed by atoms with van der Waals surface area (Å²) in [7, 11) is 1.67. The molecule has 0 aliphatic carbocycles. The molecule has 2 nitrogen and oxygen atoms in total. The van der Waals surface area contributed by atoms with Gasteiger partial charge in [-0.1, -0.05) is 19.1 Å². The van der Waals surface area contributed by atoms with Crippen molar-refractivity contribution in [3.8, 4) is 5.75 Å². The Balaban J connectivity index is 1.87. The molecule has 1 aromatic carbocycles. The first-order chi connectivity index (χ1) is 9.74. The fraction of sp³-hybridized carbons (Fsp3) is 0.562. The van der Waals surface area contributed by atoms with Gasteiger partial charge in [0.05, 0.1) is 12.4 Å². The Morgan fingerprint density at radius 1 is 1.25 bits per heavy atom. The summed E-state index contributed by atoms with van der Waals surface area (Å²) < 4.78 is 5.15. The van der Waals surface area contributed by atoms with E-state index >= 15 is 0 Å². The lowest BCUT2D eigenvalue weighted by molar-refractivity contribution is -0.118. The van der Waals surface area contributed by atoms with Crippen LogP contribution in [-0.4, -0.2) is 34.9 Å². The van der Waals surface area contributed by atoms with E-state index in [1.165, 1.54) is 11.3 Å². The van der Waals surface area contributed by atoms with Gasteiger partial charge in [-0.05, 0) is 30.5 Å². The topological polar surface area (TPSA) is 26.3 Å². The highest BCUT2D eigenvalue weighted by molar-refractivity contribution is 8.07. The number of Topliss-reactive ketones (excluding diaryl/α,β-unsaturated/α-hetero) is 1. The molecule has 0 saturated carbocycles. The first-order valence-corrected chi connectivity index (χ1v) is 9.23. The number of benzene rings is 1. The van der Waals surface area contributed by atoms with Gasteiger partial charge in [0.15, 0.2) is 0 Å². The predicted octanol–water partition coefficient (Wildman–Crippen LogP) is 3.82. The highest BCUT2D eigenvalue weighted by atomic mass is 32.2. The average molecular weight is 310 g/mol. The summed E-state index contributed by atoms with van der Waals surface area (Å²) in [6.45, 7) is 2.19. The Hall–Kier alpha value is -0.610. The number of ketones is 1. The van der Waals surface area contributed by atoms with Crippen molar-refractivity contribution in [2.75, 3.05) is 18.6 Å². The van der Waals surface area contributed by atoms with Crippen molar-refractivity contribution in [2.45, 2.75) is 36.7 Å². The van der Waals surface area contributed by atoms with Crippen LogP contribution in [0.3, 0.4) is 0 Å². The zero-order valence-electron chi connectivity index (χ0n) is 12.1. The molecule has 1 heterocycles. The van der Waals surface area contributed by atoms with Crippen molar-refractivity contribution in [3.63, 3.8) is 0 Å². The van der Waals surface area contributed by atoms with Gasteiger partial charge in [0, 0.05) is 23.2 Å². The molecule has 2 rings (SSSR count). The number of rotatable bonds is 6. The molecule has 0 bridgehead atoms. The molecular weight excluding hydrogens is 288 g/mol. The summed E-state index contributed by atoms with van der Waals surface area (Å²) in [6.07, 6.45) is 2.58. The van der Waals surface area contributed by atoms with Gasteiger partial charge in [0.1, 0.15) is 11.5 Å². The second-order valence-electron chi connectivity index (χ2n) is 4.92. The van der Waals surface area contributed by atoms with Gasteiger partial charge in [0.2, 0.25) is 0 Å². The molecule has 1 aromatic rings. The molecule has 1 fully saturated rings. The Morgan fingerprint density at radius 2 is 1.95 bits per heavy atom. The van der Waals surface area contributed by atoms with Crippen molar-refractivity contribution in [1.29, 1.82) is 0 Å². The molecule has 0 amide bonds. The maximum absolute atomic E-state index is 12.4. The summed E-state index contributed by atoms with van der Waals surface area (Å²) in [6, 6.07) is 8.01. The molecule has 4 heteroatoms. The highest BCUT2D eigenvalue weighted by Gasteiger charge is 2.30. The largest absolute Gasteiger partial charge is 0.497 e. The van der Waals surface area contributed by atoms with Crippen molar-refractivity contribution in [3.05, 3.63) is 29.8 Å². The normalized spacial score (nSPS) is 22.5. The van der Waals surface area contributed by atoms with Gasteiger partial charge in [-0.2, -0.15) is 11.8 Å². The van der Waals surface area contributed by atoms with Crippen molar-refractivity contribution < 1.29 is 9.53 Å². The maximum Gasteiger partial charge on any atom is 0.147 e. The van der Waals surface area contributed by atoms with E-state index in [9.17, 15) is 4.79 Å². The van der Waals surface area contributed by atoms with Crippen molar-refractivity contribution >= 4 is 29.3 Å². The number of aryl methyl sites for hydroxylation is 1. The standard InChI is InChI=1S/C16H22O2S2/c1-3-15-16(20-11-10-19-15)14(17)9-6-12-4-7-13(18-2)8-5-12/h4-5,7-8,15-16H,3,6,9-11H2,1-2H3. The number of hydrogen-bond acceptors (Lipinski definition) is 4. The van der Waals surface area contributed by atoms with Gasteiger partial charge in [-0.3, -0.25) is 4.79 Å². The Labute approximate surface area is 130 Å². The van der Waals surface area contributed by atoms with E-state index in [0.29, 0.717) is 17.5 Å². The third-order valence-electron chi connectivity index (χ3n) is 3.59. The zero-order chi connectivity index (χ0) is 14.4. The quantitative estimate of drug-likeness (QED) is 0.798. The summed E-state index contributed by atoms with van der Waals surface area (Å²) in [5, 5.41) is 0.717. The van der Waals surface area contributed by atoms with E-state index in [2.05, 4.69) is 6.92 Å². The molecular formula is C16H22O2S2. The number of carbonyl (C=O) groups is 1. The molecule has 0 radical (unpaired) electrons. The summed E-state index contributed by atoms with van der Waals surface area (Å²) in [5.41, 5.74) is 1.21. The third kappa shape index (κ3) is 4.19. The van der Waals surface area contributed by atoms with E-state index in [1.54, 1.807) is 7.11 Å². The van der Waals surface area contributed by atoms with E-state index in [0.717, 1.165) is 24.3 Å². The SMILES string of the molecule is CCC1SCCSC1C(=O)CCc1ccc(OC)cc1. The average Bonchev–Trinajstić information content (AvgIpc) is 2.53. The molecule has 0 aromatic heterocycles. The van der Waals surface area contributed by atoms with Gasteiger partial charge in [-0.15, -0.1) is 11.8 Å². The second kappa shape index (κ2) is 7.99. The van der Waals surface area contributed by atoms with Crippen LogP contribution in [0, 0.1) is 0 Å². The Kier molecular flexibility index (Phi) is 6.30.